The highest BCUT2D eigenvalue weighted by Gasteiger charge is 2.36. The number of sulfonamides is 1. The summed E-state index contributed by atoms with van der Waals surface area (Å²) in [6.45, 7) is 0.640. The Morgan fingerprint density at radius 3 is 2.15 bits per heavy atom. The van der Waals surface area contributed by atoms with Crippen LogP contribution in [-0.2, 0) is 32.3 Å². The molecule has 7 nitrogen and oxygen atoms in total. The molecule has 0 heterocycles. The number of carbonyl (C=O) groups is 2. The summed E-state index contributed by atoms with van der Waals surface area (Å²) in [5.41, 5.74) is -1.09. The third kappa shape index (κ3) is 7.26. The van der Waals surface area contributed by atoms with Gasteiger partial charge in [0.25, 0.3) is 10.0 Å². The van der Waals surface area contributed by atoms with Crippen LogP contribution < -0.4 is 9.62 Å². The van der Waals surface area contributed by atoms with Crippen LogP contribution in [0.4, 0.5) is 18.9 Å². The van der Waals surface area contributed by atoms with Crippen LogP contribution in [0.1, 0.15) is 24.5 Å². The number of carbonyl (C=O) groups excluding carboxylic acids is 2. The molecule has 0 saturated carbocycles. The number of alkyl halides is 3. The predicted octanol–water partition coefficient (Wildman–Crippen LogP) is 5.76. The van der Waals surface area contributed by atoms with Crippen LogP contribution in [0.2, 0.25) is 10.0 Å². The second-order valence-corrected chi connectivity index (χ2v) is 11.4. The monoisotopic (exact) mass is 615 g/mol. The van der Waals surface area contributed by atoms with Gasteiger partial charge in [0.1, 0.15) is 12.6 Å². The smallest absolute Gasteiger partial charge is 0.357 e. The van der Waals surface area contributed by atoms with Crippen molar-refractivity contribution in [3.05, 3.63) is 94.0 Å². The first-order valence-electron chi connectivity index (χ1n) is 12.0. The SMILES string of the molecule is CCC(C(=O)NC)N(Cc1ccc(Cl)cc1)C(=O)CN(c1cc(C(F)(F)F)ccc1Cl)S(=O)(=O)c1ccccc1. The molecule has 3 aromatic rings. The number of amides is 2. The quantitative estimate of drug-likeness (QED) is 0.314. The Bertz CT molecular complexity index is 1450. The van der Waals surface area contributed by atoms with Crippen LogP contribution in [0.5, 0.6) is 0 Å². The lowest BCUT2D eigenvalue weighted by Crippen LogP contribution is -2.51. The van der Waals surface area contributed by atoms with Crippen molar-refractivity contribution in [2.45, 2.75) is 37.0 Å². The summed E-state index contributed by atoms with van der Waals surface area (Å²) in [5.74, 6) is -1.34. The average Bonchev–Trinajstić information content (AvgIpc) is 2.92. The normalized spacial score (nSPS) is 12.5. The minimum Gasteiger partial charge on any atom is -0.357 e. The van der Waals surface area contributed by atoms with Crippen molar-refractivity contribution >= 4 is 50.7 Å². The van der Waals surface area contributed by atoms with E-state index < -0.39 is 51.9 Å². The van der Waals surface area contributed by atoms with Crippen LogP contribution in [0.25, 0.3) is 0 Å². The van der Waals surface area contributed by atoms with E-state index in [-0.39, 0.29) is 22.9 Å². The summed E-state index contributed by atoms with van der Waals surface area (Å²) in [4.78, 5) is 27.5. The lowest BCUT2D eigenvalue weighted by atomic mass is 10.1. The Balaban J connectivity index is 2.15. The fourth-order valence-corrected chi connectivity index (χ4v) is 5.83. The van der Waals surface area contributed by atoms with Gasteiger partial charge in [-0.3, -0.25) is 13.9 Å². The van der Waals surface area contributed by atoms with E-state index in [0.29, 0.717) is 27.0 Å². The fraction of sp³-hybridized carbons (Fsp3) is 0.259. The molecule has 214 valence electrons. The third-order valence-corrected chi connectivity index (χ3v) is 8.40. The molecular formula is C27H26Cl2F3N3O4S. The van der Waals surface area contributed by atoms with Gasteiger partial charge in [0.15, 0.2) is 0 Å². The molecule has 0 fully saturated rings. The number of hydrogen-bond acceptors (Lipinski definition) is 4. The molecular weight excluding hydrogens is 590 g/mol. The summed E-state index contributed by atoms with van der Waals surface area (Å²) in [5, 5.41) is 2.62. The number of anilines is 1. The van der Waals surface area contributed by atoms with E-state index in [2.05, 4.69) is 5.32 Å². The molecule has 0 aliphatic heterocycles. The van der Waals surface area contributed by atoms with Gasteiger partial charge in [0.05, 0.1) is 21.2 Å². The van der Waals surface area contributed by atoms with E-state index in [9.17, 15) is 31.2 Å². The molecule has 1 N–H and O–H groups in total. The first-order chi connectivity index (χ1) is 18.8. The molecule has 3 aromatic carbocycles. The molecule has 0 radical (unpaired) electrons. The van der Waals surface area contributed by atoms with E-state index >= 15 is 0 Å². The van der Waals surface area contributed by atoms with Gasteiger partial charge in [-0.2, -0.15) is 13.2 Å². The fourth-order valence-electron chi connectivity index (χ4n) is 3.99. The number of benzene rings is 3. The molecule has 0 aliphatic carbocycles. The van der Waals surface area contributed by atoms with Crippen LogP contribution in [0.3, 0.4) is 0 Å². The third-order valence-electron chi connectivity index (χ3n) is 6.05. The van der Waals surface area contributed by atoms with Crippen LogP contribution in [0.15, 0.2) is 77.7 Å². The summed E-state index contributed by atoms with van der Waals surface area (Å²) in [7, 11) is -3.19. The molecule has 0 saturated heterocycles. The maximum Gasteiger partial charge on any atom is 0.416 e. The van der Waals surface area contributed by atoms with Gasteiger partial charge < -0.3 is 10.2 Å². The minimum absolute atomic E-state index is 0.0997. The van der Waals surface area contributed by atoms with Crippen molar-refractivity contribution in [1.82, 2.24) is 10.2 Å². The molecule has 0 bridgehead atoms. The molecule has 13 heteroatoms. The van der Waals surface area contributed by atoms with Gasteiger partial charge in [0.2, 0.25) is 11.8 Å². The Labute approximate surface area is 240 Å². The number of hydrogen-bond donors (Lipinski definition) is 1. The second-order valence-electron chi connectivity index (χ2n) is 8.68. The first kappa shape index (κ1) is 31.3. The molecule has 0 aliphatic rings. The number of nitrogens with one attached hydrogen (secondary N) is 1. The molecule has 2 amide bonds. The maximum atomic E-state index is 13.8. The largest absolute Gasteiger partial charge is 0.416 e. The number of likely N-dealkylation sites (N-methyl/N-ethyl adjacent to an activating group) is 1. The Hall–Kier alpha value is -3.28. The summed E-state index contributed by atoms with van der Waals surface area (Å²) < 4.78 is 68.8. The predicted molar refractivity (Wildman–Crippen MR) is 148 cm³/mol. The average molecular weight is 616 g/mol. The Kier molecular flexibility index (Phi) is 10.1. The molecule has 0 spiro atoms. The Morgan fingerprint density at radius 2 is 1.60 bits per heavy atom. The molecule has 0 aromatic heterocycles. The zero-order valence-electron chi connectivity index (χ0n) is 21.5. The standard InChI is InChI=1S/C27H26Cl2F3N3O4S/c1-3-23(26(37)33-2)34(16-18-9-12-20(28)13-10-18)25(36)17-35(40(38,39)21-7-5-4-6-8-21)24-15-19(27(30,31)32)11-14-22(24)29/h4-15,23H,3,16-17H2,1-2H3,(H,33,37). The van der Waals surface area contributed by atoms with E-state index in [1.54, 1.807) is 37.3 Å². The van der Waals surface area contributed by atoms with E-state index in [4.69, 9.17) is 23.2 Å². The molecule has 3 rings (SSSR count). The van der Waals surface area contributed by atoms with Gasteiger partial charge in [-0.15, -0.1) is 0 Å². The van der Waals surface area contributed by atoms with Crippen molar-refractivity contribution in [2.75, 3.05) is 17.9 Å². The first-order valence-corrected chi connectivity index (χ1v) is 14.2. The van der Waals surface area contributed by atoms with Crippen molar-refractivity contribution in [3.63, 3.8) is 0 Å². The van der Waals surface area contributed by atoms with Gasteiger partial charge in [0, 0.05) is 18.6 Å². The van der Waals surface area contributed by atoms with Crippen LogP contribution >= 0.6 is 23.2 Å². The van der Waals surface area contributed by atoms with Gasteiger partial charge in [-0.05, 0) is 54.4 Å². The molecule has 1 atom stereocenters. The van der Waals surface area contributed by atoms with E-state index in [1.807, 2.05) is 0 Å². The highest BCUT2D eigenvalue weighted by Crippen LogP contribution is 2.37. The lowest BCUT2D eigenvalue weighted by molar-refractivity contribution is -0.140. The molecule has 40 heavy (non-hydrogen) atoms. The number of halogens is 5. The van der Waals surface area contributed by atoms with Crippen molar-refractivity contribution in [2.24, 2.45) is 0 Å². The zero-order chi connectivity index (χ0) is 29.7. The number of nitrogens with zero attached hydrogens (tertiary/aromatic N) is 2. The minimum atomic E-state index is -4.81. The Morgan fingerprint density at radius 1 is 0.975 bits per heavy atom. The maximum absolute atomic E-state index is 13.8. The van der Waals surface area contributed by atoms with E-state index in [0.717, 1.165) is 6.07 Å². The summed E-state index contributed by atoms with van der Waals surface area (Å²) in [6, 6.07) is 14.6. The van der Waals surface area contributed by atoms with Gasteiger partial charge in [-0.1, -0.05) is 60.5 Å². The van der Waals surface area contributed by atoms with Crippen LogP contribution in [-0.4, -0.2) is 44.8 Å². The summed E-state index contributed by atoms with van der Waals surface area (Å²) in [6.07, 6.45) is -4.63. The van der Waals surface area contributed by atoms with Crippen LogP contribution in [0, 0.1) is 0 Å². The summed E-state index contributed by atoms with van der Waals surface area (Å²) >= 11 is 12.2. The zero-order valence-corrected chi connectivity index (χ0v) is 23.8. The second kappa shape index (κ2) is 12.9. The lowest BCUT2D eigenvalue weighted by Gasteiger charge is -2.33. The highest BCUT2D eigenvalue weighted by atomic mass is 35.5. The van der Waals surface area contributed by atoms with Crippen molar-refractivity contribution in [3.8, 4) is 0 Å². The van der Waals surface area contributed by atoms with E-state index in [1.165, 1.54) is 36.2 Å². The van der Waals surface area contributed by atoms with Gasteiger partial charge >= 0.3 is 6.18 Å². The van der Waals surface area contributed by atoms with Crippen molar-refractivity contribution in [1.29, 1.82) is 0 Å². The highest BCUT2D eigenvalue weighted by molar-refractivity contribution is 7.92. The topological polar surface area (TPSA) is 86.8 Å². The van der Waals surface area contributed by atoms with Crippen molar-refractivity contribution < 1.29 is 31.2 Å². The number of rotatable bonds is 10. The molecule has 1 unspecified atom stereocenters. The van der Waals surface area contributed by atoms with Gasteiger partial charge in [-0.25, -0.2) is 8.42 Å².